The number of pyridine rings is 2. The lowest BCUT2D eigenvalue weighted by molar-refractivity contribution is 1.20. The molecule has 3 aromatic heterocycles. The maximum absolute atomic E-state index is 6.18. The Labute approximate surface area is 139 Å². The highest BCUT2D eigenvalue weighted by Crippen LogP contribution is 2.27. The summed E-state index contributed by atoms with van der Waals surface area (Å²) in [4.78, 5) is 17.5. The van der Waals surface area contributed by atoms with E-state index in [0.717, 1.165) is 33.3 Å². The molecule has 5 heteroatoms. The summed E-state index contributed by atoms with van der Waals surface area (Å²) < 4.78 is 0. The molecular weight excluding hydrogens is 298 g/mol. The zero-order chi connectivity index (χ0) is 16.5. The van der Waals surface area contributed by atoms with Gasteiger partial charge in [-0.2, -0.15) is 0 Å². The zero-order valence-corrected chi connectivity index (χ0v) is 13.1. The number of nitrogens with zero attached hydrogens (tertiary/aromatic N) is 4. The third-order valence-corrected chi connectivity index (χ3v) is 3.89. The topological polar surface area (TPSA) is 77.6 Å². The summed E-state index contributed by atoms with van der Waals surface area (Å²) in [6, 6.07) is 13.8. The van der Waals surface area contributed by atoms with Crippen molar-refractivity contribution in [1.82, 2.24) is 19.9 Å². The molecule has 0 atom stereocenters. The maximum atomic E-state index is 6.18. The van der Waals surface area contributed by atoms with Gasteiger partial charge in [-0.25, -0.2) is 9.97 Å². The monoisotopic (exact) mass is 313 g/mol. The summed E-state index contributed by atoms with van der Waals surface area (Å²) in [6.07, 6.45) is 5.31. The van der Waals surface area contributed by atoms with Crippen LogP contribution in [0.5, 0.6) is 0 Å². The molecule has 0 unspecified atom stereocenters. The molecule has 5 nitrogen and oxygen atoms in total. The van der Waals surface area contributed by atoms with E-state index in [2.05, 4.69) is 19.9 Å². The van der Waals surface area contributed by atoms with Crippen LogP contribution in [-0.2, 0) is 0 Å². The molecule has 0 spiro atoms. The molecule has 2 N–H and O–H groups in total. The summed E-state index contributed by atoms with van der Waals surface area (Å²) in [5.41, 5.74) is 10.9. The van der Waals surface area contributed by atoms with E-state index >= 15 is 0 Å². The Kier molecular flexibility index (Phi) is 3.39. The highest BCUT2D eigenvalue weighted by Gasteiger charge is 2.09. The highest BCUT2D eigenvalue weighted by atomic mass is 14.9. The van der Waals surface area contributed by atoms with Crippen LogP contribution in [0.25, 0.3) is 33.4 Å². The van der Waals surface area contributed by atoms with Crippen LogP contribution in [0, 0.1) is 6.92 Å². The number of rotatable bonds is 2. The average Bonchev–Trinajstić information content (AvgIpc) is 2.63. The summed E-state index contributed by atoms with van der Waals surface area (Å²) in [5, 5.41) is 0.834. The molecule has 24 heavy (non-hydrogen) atoms. The minimum atomic E-state index is 0.459. The van der Waals surface area contributed by atoms with E-state index in [-0.39, 0.29) is 0 Å². The molecule has 4 aromatic rings. The van der Waals surface area contributed by atoms with Gasteiger partial charge in [-0.3, -0.25) is 9.97 Å². The van der Waals surface area contributed by atoms with E-state index in [1.807, 2.05) is 55.6 Å². The predicted molar refractivity (Wildman–Crippen MR) is 95.1 cm³/mol. The normalized spacial score (nSPS) is 10.9. The molecule has 0 saturated heterocycles. The molecule has 0 amide bonds. The zero-order valence-electron chi connectivity index (χ0n) is 13.1. The molecule has 0 aliphatic rings. The Morgan fingerprint density at radius 1 is 0.875 bits per heavy atom. The van der Waals surface area contributed by atoms with Crippen molar-refractivity contribution in [2.24, 2.45) is 0 Å². The lowest BCUT2D eigenvalue weighted by Crippen LogP contribution is -1.98. The van der Waals surface area contributed by atoms with Crippen molar-refractivity contribution in [3.63, 3.8) is 0 Å². The Morgan fingerprint density at radius 2 is 1.75 bits per heavy atom. The lowest BCUT2D eigenvalue weighted by atomic mass is 10.0. The van der Waals surface area contributed by atoms with Gasteiger partial charge in [-0.15, -0.1) is 0 Å². The van der Waals surface area contributed by atoms with Crippen LogP contribution in [0.1, 0.15) is 5.69 Å². The minimum Gasteiger partial charge on any atom is -0.383 e. The van der Waals surface area contributed by atoms with Crippen molar-refractivity contribution in [3.05, 3.63) is 66.7 Å². The molecule has 0 saturated carbocycles. The van der Waals surface area contributed by atoms with Crippen LogP contribution >= 0.6 is 0 Å². The van der Waals surface area contributed by atoms with Gasteiger partial charge in [0.15, 0.2) is 5.82 Å². The van der Waals surface area contributed by atoms with Crippen molar-refractivity contribution < 1.29 is 0 Å². The largest absolute Gasteiger partial charge is 0.383 e. The molecule has 0 fully saturated rings. The average molecular weight is 313 g/mol. The van der Waals surface area contributed by atoms with Crippen LogP contribution in [0.2, 0.25) is 0 Å². The van der Waals surface area contributed by atoms with Crippen molar-refractivity contribution in [1.29, 1.82) is 0 Å². The summed E-state index contributed by atoms with van der Waals surface area (Å²) in [6.45, 7) is 1.97. The second-order valence-electron chi connectivity index (χ2n) is 5.59. The Hall–Kier alpha value is -3.34. The van der Waals surface area contributed by atoms with Gasteiger partial charge in [-0.05, 0) is 42.8 Å². The van der Waals surface area contributed by atoms with Crippen molar-refractivity contribution in [2.75, 3.05) is 5.73 Å². The van der Waals surface area contributed by atoms with E-state index < -0.39 is 0 Å². The number of fused-ring (bicyclic) bond motifs is 1. The lowest BCUT2D eigenvalue weighted by Gasteiger charge is -2.08. The van der Waals surface area contributed by atoms with Gasteiger partial charge in [0.05, 0.1) is 5.52 Å². The molecule has 1 aromatic carbocycles. The predicted octanol–water partition coefficient (Wildman–Crippen LogP) is 3.64. The molecule has 0 aliphatic heterocycles. The van der Waals surface area contributed by atoms with Gasteiger partial charge in [0.1, 0.15) is 5.82 Å². The first-order chi connectivity index (χ1) is 11.7. The SMILES string of the molecule is Cc1ccc(-c2ccc3nc(-c4cccnc4)nc(N)c3c2)cn1. The Balaban J connectivity index is 1.84. The van der Waals surface area contributed by atoms with Gasteiger partial charge in [0.25, 0.3) is 0 Å². The van der Waals surface area contributed by atoms with E-state index in [1.165, 1.54) is 0 Å². The number of hydrogen-bond donors (Lipinski definition) is 1. The molecule has 0 aliphatic carbocycles. The van der Waals surface area contributed by atoms with Crippen LogP contribution in [0.4, 0.5) is 5.82 Å². The summed E-state index contributed by atoms with van der Waals surface area (Å²) in [7, 11) is 0. The summed E-state index contributed by atoms with van der Waals surface area (Å²) in [5.74, 6) is 1.04. The number of hydrogen-bond acceptors (Lipinski definition) is 5. The van der Waals surface area contributed by atoms with Gasteiger partial charge in [-0.1, -0.05) is 12.1 Å². The number of nitrogen functional groups attached to an aromatic ring is 1. The van der Waals surface area contributed by atoms with Crippen LogP contribution in [0.15, 0.2) is 61.1 Å². The molecule has 3 heterocycles. The van der Waals surface area contributed by atoms with Gasteiger partial charge >= 0.3 is 0 Å². The van der Waals surface area contributed by atoms with Gasteiger partial charge in [0, 0.05) is 40.8 Å². The minimum absolute atomic E-state index is 0.459. The third kappa shape index (κ3) is 2.56. The standard InChI is InChI=1S/C19H15N5/c1-12-4-5-14(11-22-12)13-6-7-17-16(9-13)18(20)24-19(23-17)15-3-2-8-21-10-15/h2-11H,1H3,(H2,20,23,24). The smallest absolute Gasteiger partial charge is 0.163 e. The first-order valence-corrected chi connectivity index (χ1v) is 7.61. The number of aromatic nitrogens is 4. The number of nitrogens with two attached hydrogens (primary N) is 1. The Bertz CT molecular complexity index is 1010. The molecule has 4 rings (SSSR count). The second kappa shape index (κ2) is 5.70. The molecule has 0 bridgehead atoms. The van der Waals surface area contributed by atoms with E-state index in [0.29, 0.717) is 11.6 Å². The molecule has 0 radical (unpaired) electrons. The second-order valence-corrected chi connectivity index (χ2v) is 5.59. The van der Waals surface area contributed by atoms with Crippen molar-refractivity contribution >= 4 is 16.7 Å². The fraction of sp³-hybridized carbons (Fsp3) is 0.0526. The number of anilines is 1. The third-order valence-electron chi connectivity index (χ3n) is 3.89. The highest BCUT2D eigenvalue weighted by molar-refractivity contribution is 5.92. The first kappa shape index (κ1) is 14.3. The van der Waals surface area contributed by atoms with Crippen LogP contribution < -0.4 is 5.73 Å². The first-order valence-electron chi connectivity index (χ1n) is 7.61. The fourth-order valence-electron chi connectivity index (χ4n) is 2.59. The molecule has 116 valence electrons. The fourth-order valence-corrected chi connectivity index (χ4v) is 2.59. The Morgan fingerprint density at radius 3 is 2.50 bits per heavy atom. The van der Waals surface area contributed by atoms with E-state index in [9.17, 15) is 0 Å². The van der Waals surface area contributed by atoms with Gasteiger partial charge < -0.3 is 5.73 Å². The van der Waals surface area contributed by atoms with Crippen molar-refractivity contribution in [2.45, 2.75) is 6.92 Å². The summed E-state index contributed by atoms with van der Waals surface area (Å²) >= 11 is 0. The molecular formula is C19H15N5. The van der Waals surface area contributed by atoms with Crippen LogP contribution in [-0.4, -0.2) is 19.9 Å². The quantitative estimate of drug-likeness (QED) is 0.611. The van der Waals surface area contributed by atoms with E-state index in [1.54, 1.807) is 12.4 Å². The van der Waals surface area contributed by atoms with Crippen LogP contribution in [0.3, 0.4) is 0 Å². The number of benzene rings is 1. The van der Waals surface area contributed by atoms with Gasteiger partial charge in [0.2, 0.25) is 0 Å². The van der Waals surface area contributed by atoms with Crippen molar-refractivity contribution in [3.8, 4) is 22.5 Å². The maximum Gasteiger partial charge on any atom is 0.163 e. The number of aryl methyl sites for hydroxylation is 1. The van der Waals surface area contributed by atoms with E-state index in [4.69, 9.17) is 5.73 Å².